The molecule has 1 aliphatic heterocycles. The predicted octanol–water partition coefficient (Wildman–Crippen LogP) is 1.74. The Bertz CT molecular complexity index is 347. The molecule has 1 fully saturated rings. The third-order valence-electron chi connectivity index (χ3n) is 3.16. The molecule has 1 aromatic rings. The van der Waals surface area contributed by atoms with E-state index in [9.17, 15) is 5.11 Å². The van der Waals surface area contributed by atoms with Gasteiger partial charge in [0.15, 0.2) is 0 Å². The van der Waals surface area contributed by atoms with Crippen molar-refractivity contribution in [2.24, 2.45) is 0 Å². The highest BCUT2D eigenvalue weighted by molar-refractivity contribution is 7.99. The Balaban J connectivity index is 1.77. The lowest BCUT2D eigenvalue weighted by Gasteiger charge is -2.31. The van der Waals surface area contributed by atoms with Gasteiger partial charge in [-0.2, -0.15) is 11.8 Å². The zero-order valence-corrected chi connectivity index (χ0v) is 11.1. The Morgan fingerprint density at radius 2 is 2.18 bits per heavy atom. The highest BCUT2D eigenvalue weighted by Crippen LogP contribution is 2.26. The van der Waals surface area contributed by atoms with Gasteiger partial charge in [-0.25, -0.2) is 0 Å². The lowest BCUT2D eigenvalue weighted by atomic mass is 9.97. The summed E-state index contributed by atoms with van der Waals surface area (Å²) in [7, 11) is 0. The second-order valence-corrected chi connectivity index (χ2v) is 5.99. The van der Waals surface area contributed by atoms with E-state index in [1.54, 1.807) is 0 Å². The number of aliphatic hydroxyl groups is 1. The maximum atomic E-state index is 10.3. The van der Waals surface area contributed by atoms with Gasteiger partial charge in [0, 0.05) is 19.3 Å². The summed E-state index contributed by atoms with van der Waals surface area (Å²) >= 11 is 1.93. The summed E-state index contributed by atoms with van der Waals surface area (Å²) in [4.78, 5) is 4.34. The second-order valence-electron chi connectivity index (χ2n) is 4.77. The average molecular weight is 252 g/mol. The third kappa shape index (κ3) is 3.98. The van der Waals surface area contributed by atoms with Gasteiger partial charge < -0.3 is 10.4 Å². The molecule has 0 saturated carbocycles. The minimum absolute atomic E-state index is 0.504. The fourth-order valence-electron chi connectivity index (χ4n) is 1.95. The Morgan fingerprint density at radius 1 is 1.41 bits per heavy atom. The SMILES string of the molecule is Cc1ccc(CNCC2(O)CCSCC2)nc1. The Hall–Kier alpha value is -0.580. The fraction of sp³-hybridized carbons (Fsp3) is 0.615. The monoisotopic (exact) mass is 252 g/mol. The van der Waals surface area contributed by atoms with Crippen LogP contribution in [0.25, 0.3) is 0 Å². The van der Waals surface area contributed by atoms with E-state index in [0.29, 0.717) is 6.54 Å². The topological polar surface area (TPSA) is 45.1 Å². The van der Waals surface area contributed by atoms with Gasteiger partial charge in [-0.1, -0.05) is 6.07 Å². The number of rotatable bonds is 4. The van der Waals surface area contributed by atoms with E-state index in [1.165, 1.54) is 5.56 Å². The first-order valence-corrected chi connectivity index (χ1v) is 7.26. The van der Waals surface area contributed by atoms with Crippen LogP contribution in [0.2, 0.25) is 0 Å². The molecule has 4 heteroatoms. The molecule has 1 aliphatic rings. The van der Waals surface area contributed by atoms with Crippen molar-refractivity contribution in [3.63, 3.8) is 0 Å². The quantitative estimate of drug-likeness (QED) is 0.857. The zero-order chi connectivity index (χ0) is 12.1. The Labute approximate surface area is 107 Å². The van der Waals surface area contributed by atoms with E-state index in [2.05, 4.69) is 16.4 Å². The van der Waals surface area contributed by atoms with Crippen LogP contribution < -0.4 is 5.32 Å². The molecule has 2 N–H and O–H groups in total. The van der Waals surface area contributed by atoms with Crippen molar-refractivity contribution in [2.75, 3.05) is 18.1 Å². The summed E-state index contributed by atoms with van der Waals surface area (Å²) in [6.45, 7) is 3.44. The molecule has 0 amide bonds. The predicted molar refractivity (Wildman–Crippen MR) is 72.2 cm³/mol. The largest absolute Gasteiger partial charge is 0.389 e. The number of thioether (sulfide) groups is 1. The van der Waals surface area contributed by atoms with E-state index in [4.69, 9.17) is 0 Å². The van der Waals surface area contributed by atoms with E-state index < -0.39 is 5.60 Å². The van der Waals surface area contributed by atoms with E-state index in [-0.39, 0.29) is 0 Å². The van der Waals surface area contributed by atoms with Gasteiger partial charge in [0.25, 0.3) is 0 Å². The van der Waals surface area contributed by atoms with Crippen molar-refractivity contribution in [3.05, 3.63) is 29.6 Å². The van der Waals surface area contributed by atoms with Crippen molar-refractivity contribution < 1.29 is 5.11 Å². The molecule has 0 aromatic carbocycles. The normalized spacial score (nSPS) is 19.2. The van der Waals surface area contributed by atoms with Crippen LogP contribution in [-0.2, 0) is 6.54 Å². The third-order valence-corrected chi connectivity index (χ3v) is 4.14. The van der Waals surface area contributed by atoms with Crippen molar-refractivity contribution in [3.8, 4) is 0 Å². The molecule has 0 atom stereocenters. The van der Waals surface area contributed by atoms with Gasteiger partial charge in [0.2, 0.25) is 0 Å². The summed E-state index contributed by atoms with van der Waals surface area (Å²) in [5.41, 5.74) is 1.71. The van der Waals surface area contributed by atoms with Gasteiger partial charge in [0.1, 0.15) is 0 Å². The first-order valence-electron chi connectivity index (χ1n) is 6.10. The first-order chi connectivity index (χ1) is 8.18. The van der Waals surface area contributed by atoms with Gasteiger partial charge in [-0.05, 0) is 42.9 Å². The number of hydrogen-bond donors (Lipinski definition) is 2. The molecule has 0 radical (unpaired) electrons. The number of aromatic nitrogens is 1. The maximum Gasteiger partial charge on any atom is 0.0787 e. The minimum Gasteiger partial charge on any atom is -0.389 e. The maximum absolute atomic E-state index is 10.3. The second kappa shape index (κ2) is 5.85. The molecular weight excluding hydrogens is 232 g/mol. The number of nitrogens with zero attached hydrogens (tertiary/aromatic N) is 1. The summed E-state index contributed by atoms with van der Waals surface area (Å²) in [5, 5.41) is 13.6. The lowest BCUT2D eigenvalue weighted by Crippen LogP contribution is -2.43. The van der Waals surface area contributed by atoms with Crippen molar-refractivity contribution in [1.82, 2.24) is 10.3 Å². The van der Waals surface area contributed by atoms with Crippen LogP contribution >= 0.6 is 11.8 Å². The summed E-state index contributed by atoms with van der Waals surface area (Å²) < 4.78 is 0. The van der Waals surface area contributed by atoms with Crippen molar-refractivity contribution in [1.29, 1.82) is 0 Å². The fourth-order valence-corrected chi connectivity index (χ4v) is 3.21. The molecule has 0 aliphatic carbocycles. The van der Waals surface area contributed by atoms with Crippen LogP contribution in [0.3, 0.4) is 0 Å². The van der Waals surface area contributed by atoms with Gasteiger partial charge in [0.05, 0.1) is 11.3 Å². The van der Waals surface area contributed by atoms with Crippen LogP contribution in [0.15, 0.2) is 18.3 Å². The molecule has 2 rings (SSSR count). The van der Waals surface area contributed by atoms with E-state index in [0.717, 1.165) is 36.6 Å². The molecular formula is C13H20N2OS. The molecule has 0 unspecified atom stereocenters. The molecule has 94 valence electrons. The van der Waals surface area contributed by atoms with Gasteiger partial charge in [-0.3, -0.25) is 4.98 Å². The van der Waals surface area contributed by atoms with Crippen LogP contribution in [0.1, 0.15) is 24.1 Å². The smallest absolute Gasteiger partial charge is 0.0787 e. The van der Waals surface area contributed by atoms with Crippen LogP contribution in [0.5, 0.6) is 0 Å². The summed E-state index contributed by atoms with van der Waals surface area (Å²) in [6, 6.07) is 4.10. The Morgan fingerprint density at radius 3 is 2.82 bits per heavy atom. The molecule has 1 saturated heterocycles. The van der Waals surface area contributed by atoms with Gasteiger partial charge >= 0.3 is 0 Å². The van der Waals surface area contributed by atoms with Crippen LogP contribution in [-0.4, -0.2) is 33.7 Å². The number of hydrogen-bond acceptors (Lipinski definition) is 4. The lowest BCUT2D eigenvalue weighted by molar-refractivity contribution is 0.0319. The Kier molecular flexibility index (Phi) is 4.42. The summed E-state index contributed by atoms with van der Waals surface area (Å²) in [5.74, 6) is 2.14. The zero-order valence-electron chi connectivity index (χ0n) is 10.3. The molecule has 17 heavy (non-hydrogen) atoms. The average Bonchev–Trinajstić information content (AvgIpc) is 2.32. The number of nitrogens with one attached hydrogen (secondary N) is 1. The summed E-state index contributed by atoms with van der Waals surface area (Å²) in [6.07, 6.45) is 3.67. The molecule has 0 spiro atoms. The van der Waals surface area contributed by atoms with Gasteiger partial charge in [-0.15, -0.1) is 0 Å². The van der Waals surface area contributed by atoms with E-state index in [1.807, 2.05) is 30.9 Å². The molecule has 0 bridgehead atoms. The van der Waals surface area contributed by atoms with E-state index >= 15 is 0 Å². The molecule has 2 heterocycles. The first kappa shape index (κ1) is 12.9. The molecule has 1 aromatic heterocycles. The van der Waals surface area contributed by atoms with Crippen LogP contribution in [0.4, 0.5) is 0 Å². The highest BCUT2D eigenvalue weighted by atomic mass is 32.2. The van der Waals surface area contributed by atoms with Crippen LogP contribution in [0, 0.1) is 6.92 Å². The number of pyridine rings is 1. The number of aryl methyl sites for hydroxylation is 1. The standard InChI is InChI=1S/C13H20N2OS/c1-11-2-3-12(15-8-11)9-14-10-13(16)4-6-17-7-5-13/h2-3,8,14,16H,4-7,9-10H2,1H3. The highest BCUT2D eigenvalue weighted by Gasteiger charge is 2.28. The van der Waals surface area contributed by atoms with Crippen molar-refractivity contribution >= 4 is 11.8 Å². The molecule has 3 nitrogen and oxygen atoms in total. The minimum atomic E-state index is -0.504. The van der Waals surface area contributed by atoms with Crippen molar-refractivity contribution in [2.45, 2.75) is 31.9 Å².